The Labute approximate surface area is 169 Å². The van der Waals surface area contributed by atoms with E-state index in [1.165, 1.54) is 12.1 Å². The standard InChI is InChI=1S/C21H21N3O4S/c22-13-16-7-9-17(10-8-16)14-29(27,28)15-20(25)23-18-4-3-5-19(12-18)24-11-2-1-6-21(24)26/h3-5,7-10,12H,1-2,6,11,14-15H2,(H,23,25). The van der Waals surface area contributed by atoms with E-state index in [1.54, 1.807) is 41.3 Å². The fourth-order valence-electron chi connectivity index (χ4n) is 3.21. The Morgan fingerprint density at radius 3 is 2.59 bits per heavy atom. The molecule has 8 heteroatoms. The van der Waals surface area contributed by atoms with Crippen LogP contribution in [0, 0.1) is 11.3 Å². The molecule has 0 saturated carbocycles. The third kappa shape index (κ3) is 5.65. The maximum absolute atomic E-state index is 12.3. The lowest BCUT2D eigenvalue weighted by molar-refractivity contribution is -0.119. The molecule has 0 radical (unpaired) electrons. The Hall–Kier alpha value is -3.18. The van der Waals surface area contributed by atoms with Gasteiger partial charge in [0.25, 0.3) is 0 Å². The molecule has 3 rings (SSSR count). The number of piperidine rings is 1. The largest absolute Gasteiger partial charge is 0.325 e. The van der Waals surface area contributed by atoms with Crippen molar-refractivity contribution in [3.8, 4) is 6.07 Å². The molecule has 0 unspecified atom stereocenters. The molecule has 150 valence electrons. The summed E-state index contributed by atoms with van der Waals surface area (Å²) in [6.45, 7) is 0.634. The third-order valence-electron chi connectivity index (χ3n) is 4.59. The number of hydrogen-bond donors (Lipinski definition) is 1. The van der Waals surface area contributed by atoms with Crippen LogP contribution in [0.2, 0.25) is 0 Å². The van der Waals surface area contributed by atoms with Gasteiger partial charge in [0.2, 0.25) is 11.8 Å². The molecule has 0 aromatic heterocycles. The number of nitrogens with one attached hydrogen (secondary N) is 1. The second-order valence-electron chi connectivity index (χ2n) is 6.94. The van der Waals surface area contributed by atoms with Gasteiger partial charge in [-0.25, -0.2) is 8.42 Å². The number of nitriles is 1. The molecular weight excluding hydrogens is 390 g/mol. The minimum atomic E-state index is -3.67. The smallest absolute Gasteiger partial charge is 0.239 e. The molecular formula is C21H21N3O4S. The highest BCUT2D eigenvalue weighted by atomic mass is 32.2. The number of amides is 2. The fourth-order valence-corrected chi connectivity index (χ4v) is 4.48. The number of sulfone groups is 1. The molecule has 1 N–H and O–H groups in total. The zero-order valence-corrected chi connectivity index (χ0v) is 16.6. The monoisotopic (exact) mass is 411 g/mol. The zero-order chi connectivity index (χ0) is 20.9. The van der Waals surface area contributed by atoms with E-state index in [2.05, 4.69) is 5.32 Å². The van der Waals surface area contributed by atoms with Gasteiger partial charge in [-0.05, 0) is 48.7 Å². The first kappa shape index (κ1) is 20.6. The molecule has 29 heavy (non-hydrogen) atoms. The molecule has 1 saturated heterocycles. The number of carbonyl (C=O) groups is 2. The lowest BCUT2D eigenvalue weighted by Gasteiger charge is -2.27. The molecule has 0 atom stereocenters. The Bertz CT molecular complexity index is 1060. The molecule has 1 fully saturated rings. The molecule has 2 aromatic carbocycles. The van der Waals surface area contributed by atoms with Crippen LogP contribution in [0.5, 0.6) is 0 Å². The Morgan fingerprint density at radius 2 is 1.90 bits per heavy atom. The summed E-state index contributed by atoms with van der Waals surface area (Å²) >= 11 is 0. The van der Waals surface area contributed by atoms with Crippen molar-refractivity contribution in [1.82, 2.24) is 0 Å². The second kappa shape index (κ2) is 8.88. The maximum atomic E-state index is 12.3. The quantitative estimate of drug-likeness (QED) is 0.786. The van der Waals surface area contributed by atoms with Crippen LogP contribution in [0.1, 0.15) is 30.4 Å². The van der Waals surface area contributed by atoms with Crippen molar-refractivity contribution in [3.63, 3.8) is 0 Å². The van der Waals surface area contributed by atoms with E-state index in [1.807, 2.05) is 6.07 Å². The van der Waals surface area contributed by atoms with Crippen molar-refractivity contribution >= 4 is 33.0 Å². The van der Waals surface area contributed by atoms with Crippen LogP contribution in [-0.4, -0.2) is 32.5 Å². The van der Waals surface area contributed by atoms with Crippen molar-refractivity contribution in [1.29, 1.82) is 5.26 Å². The summed E-state index contributed by atoms with van der Waals surface area (Å²) in [6.07, 6.45) is 2.31. The first-order valence-electron chi connectivity index (χ1n) is 9.26. The van der Waals surface area contributed by atoms with E-state index in [9.17, 15) is 18.0 Å². The van der Waals surface area contributed by atoms with Crippen LogP contribution in [0.25, 0.3) is 0 Å². The molecule has 7 nitrogen and oxygen atoms in total. The minimum absolute atomic E-state index is 0.0460. The van der Waals surface area contributed by atoms with Crippen LogP contribution >= 0.6 is 0 Å². The molecule has 0 spiro atoms. The van der Waals surface area contributed by atoms with Gasteiger partial charge in [0.05, 0.1) is 17.4 Å². The van der Waals surface area contributed by atoms with Gasteiger partial charge in [0.1, 0.15) is 5.75 Å². The van der Waals surface area contributed by atoms with Crippen LogP contribution in [0.4, 0.5) is 11.4 Å². The van der Waals surface area contributed by atoms with Crippen molar-refractivity contribution in [2.75, 3.05) is 22.5 Å². The minimum Gasteiger partial charge on any atom is -0.325 e. The summed E-state index contributed by atoms with van der Waals surface area (Å²) in [5.74, 6) is -1.53. The van der Waals surface area contributed by atoms with Crippen LogP contribution in [-0.2, 0) is 25.2 Å². The summed E-state index contributed by atoms with van der Waals surface area (Å²) in [5.41, 5.74) is 2.09. The van der Waals surface area contributed by atoms with E-state index < -0.39 is 21.5 Å². The number of hydrogen-bond acceptors (Lipinski definition) is 5. The molecule has 2 aromatic rings. The van der Waals surface area contributed by atoms with Crippen molar-refractivity contribution in [2.45, 2.75) is 25.0 Å². The number of rotatable bonds is 6. The van der Waals surface area contributed by atoms with Gasteiger partial charge in [-0.1, -0.05) is 18.2 Å². The van der Waals surface area contributed by atoms with Crippen molar-refractivity contribution < 1.29 is 18.0 Å². The van der Waals surface area contributed by atoms with Gasteiger partial charge >= 0.3 is 0 Å². The van der Waals surface area contributed by atoms with E-state index in [0.717, 1.165) is 12.8 Å². The van der Waals surface area contributed by atoms with E-state index in [0.29, 0.717) is 35.5 Å². The van der Waals surface area contributed by atoms with Gasteiger partial charge < -0.3 is 10.2 Å². The lowest BCUT2D eigenvalue weighted by atomic mass is 10.1. The maximum Gasteiger partial charge on any atom is 0.239 e. The first-order chi connectivity index (χ1) is 13.9. The highest BCUT2D eigenvalue weighted by Crippen LogP contribution is 2.24. The predicted molar refractivity (Wildman–Crippen MR) is 110 cm³/mol. The van der Waals surface area contributed by atoms with Gasteiger partial charge in [0, 0.05) is 24.3 Å². The van der Waals surface area contributed by atoms with Crippen molar-refractivity contribution in [2.24, 2.45) is 0 Å². The normalized spacial score (nSPS) is 14.3. The predicted octanol–water partition coefficient (Wildman–Crippen LogP) is 2.63. The van der Waals surface area contributed by atoms with E-state index in [4.69, 9.17) is 5.26 Å². The summed E-state index contributed by atoms with van der Waals surface area (Å²) in [6, 6.07) is 15.0. The average Bonchev–Trinajstić information content (AvgIpc) is 2.68. The number of carbonyl (C=O) groups excluding carboxylic acids is 2. The number of nitrogens with zero attached hydrogens (tertiary/aromatic N) is 2. The SMILES string of the molecule is N#Cc1ccc(CS(=O)(=O)CC(=O)Nc2cccc(N3CCCCC3=O)c2)cc1. The summed E-state index contributed by atoms with van der Waals surface area (Å²) in [7, 11) is -3.67. The number of anilines is 2. The molecule has 1 heterocycles. The first-order valence-corrected chi connectivity index (χ1v) is 11.1. The third-order valence-corrected chi connectivity index (χ3v) is 6.06. The topological polar surface area (TPSA) is 107 Å². The van der Waals surface area contributed by atoms with Crippen molar-refractivity contribution in [3.05, 3.63) is 59.7 Å². The average molecular weight is 411 g/mol. The summed E-state index contributed by atoms with van der Waals surface area (Å²) in [5, 5.41) is 11.4. The van der Waals surface area contributed by atoms with Crippen LogP contribution in [0.3, 0.4) is 0 Å². The lowest BCUT2D eigenvalue weighted by Crippen LogP contribution is -2.35. The summed E-state index contributed by atoms with van der Waals surface area (Å²) in [4.78, 5) is 26.0. The molecule has 1 aliphatic rings. The fraction of sp³-hybridized carbons (Fsp3) is 0.286. The molecule has 0 aliphatic carbocycles. The Morgan fingerprint density at radius 1 is 1.14 bits per heavy atom. The second-order valence-corrected chi connectivity index (χ2v) is 9.01. The van der Waals surface area contributed by atoms with E-state index >= 15 is 0 Å². The Kier molecular flexibility index (Phi) is 6.29. The van der Waals surface area contributed by atoms with Gasteiger partial charge in [-0.15, -0.1) is 0 Å². The molecule has 0 bridgehead atoms. The van der Waals surface area contributed by atoms with Gasteiger partial charge in [-0.3, -0.25) is 9.59 Å². The van der Waals surface area contributed by atoms with E-state index in [-0.39, 0.29) is 11.7 Å². The van der Waals surface area contributed by atoms with Crippen LogP contribution < -0.4 is 10.2 Å². The zero-order valence-electron chi connectivity index (χ0n) is 15.8. The highest BCUT2D eigenvalue weighted by molar-refractivity contribution is 7.91. The van der Waals surface area contributed by atoms with Gasteiger partial charge in [-0.2, -0.15) is 5.26 Å². The number of benzene rings is 2. The highest BCUT2D eigenvalue weighted by Gasteiger charge is 2.21. The van der Waals surface area contributed by atoms with Gasteiger partial charge in [0.15, 0.2) is 9.84 Å². The summed E-state index contributed by atoms with van der Waals surface area (Å²) < 4.78 is 24.7. The molecule has 2 amide bonds. The van der Waals surface area contributed by atoms with Crippen LogP contribution in [0.15, 0.2) is 48.5 Å². The molecule has 1 aliphatic heterocycles. The Balaban J connectivity index is 1.63.